The quantitative estimate of drug-likeness (QED) is 0.841. The molecular formula is C21H33NO4. The summed E-state index contributed by atoms with van der Waals surface area (Å²) in [4.78, 5) is 0. The maximum Gasteiger partial charge on any atom is 0.162 e. The lowest BCUT2D eigenvalue weighted by Gasteiger charge is -2.51. The summed E-state index contributed by atoms with van der Waals surface area (Å²) in [6.07, 6.45) is 1.63. The van der Waals surface area contributed by atoms with Crippen LogP contribution >= 0.6 is 0 Å². The molecule has 1 saturated heterocycles. The van der Waals surface area contributed by atoms with Crippen LogP contribution in [0.4, 0.5) is 0 Å². The molecule has 0 amide bonds. The van der Waals surface area contributed by atoms with Gasteiger partial charge in [-0.05, 0) is 71.1 Å². The molecule has 26 heavy (non-hydrogen) atoms. The minimum Gasteiger partial charge on any atom is -0.507 e. The summed E-state index contributed by atoms with van der Waals surface area (Å²) in [5.74, 6) is 0.687. The lowest BCUT2D eigenvalue weighted by Crippen LogP contribution is -2.64. The van der Waals surface area contributed by atoms with E-state index in [9.17, 15) is 5.11 Å². The molecule has 2 heterocycles. The van der Waals surface area contributed by atoms with Gasteiger partial charge in [-0.15, -0.1) is 0 Å². The zero-order valence-corrected chi connectivity index (χ0v) is 17.2. The number of hydrogen-bond donors (Lipinski definition) is 2. The molecule has 146 valence electrons. The minimum absolute atomic E-state index is 0.243. The van der Waals surface area contributed by atoms with E-state index in [1.165, 1.54) is 0 Å². The van der Waals surface area contributed by atoms with Gasteiger partial charge in [-0.3, -0.25) is 0 Å². The molecule has 2 atom stereocenters. The Balaban J connectivity index is 1.91. The van der Waals surface area contributed by atoms with Crippen molar-refractivity contribution in [2.45, 2.75) is 78.7 Å². The molecule has 1 fully saturated rings. The molecule has 3 rings (SSSR count). The van der Waals surface area contributed by atoms with Crippen LogP contribution in [0.15, 0.2) is 0 Å². The normalized spacial score (nSPS) is 28.2. The number of hydrogen-bond acceptors (Lipinski definition) is 5. The summed E-state index contributed by atoms with van der Waals surface area (Å²) in [5.41, 5.74) is 9.79. The first-order valence-corrected chi connectivity index (χ1v) is 9.44. The lowest BCUT2D eigenvalue weighted by atomic mass is 9.71. The molecule has 0 bridgehead atoms. The molecule has 1 aromatic rings. The average Bonchev–Trinajstić information content (AvgIpc) is 2.60. The Labute approximate surface area is 156 Å². The van der Waals surface area contributed by atoms with Crippen molar-refractivity contribution < 1.29 is 19.3 Å². The molecule has 2 aliphatic heterocycles. The zero-order valence-electron chi connectivity index (χ0n) is 17.2. The molecule has 2 aliphatic rings. The molecular weight excluding hydrogens is 330 g/mol. The van der Waals surface area contributed by atoms with Crippen molar-refractivity contribution >= 4 is 0 Å². The topological polar surface area (TPSA) is 73.9 Å². The van der Waals surface area contributed by atoms with Crippen molar-refractivity contribution in [2.24, 2.45) is 11.1 Å². The van der Waals surface area contributed by atoms with Crippen molar-refractivity contribution in [3.63, 3.8) is 0 Å². The Morgan fingerprint density at radius 3 is 2.12 bits per heavy atom. The fourth-order valence-electron chi connectivity index (χ4n) is 4.16. The number of rotatable bonds is 2. The molecule has 0 saturated carbocycles. The molecule has 1 aromatic carbocycles. The smallest absolute Gasteiger partial charge is 0.162 e. The monoisotopic (exact) mass is 363 g/mol. The van der Waals surface area contributed by atoms with Gasteiger partial charge in [0.25, 0.3) is 0 Å². The molecule has 0 aromatic heterocycles. The molecule has 0 radical (unpaired) electrons. The van der Waals surface area contributed by atoms with E-state index < -0.39 is 11.4 Å². The average molecular weight is 363 g/mol. The fraction of sp³-hybridized carbons (Fsp3) is 0.714. The highest BCUT2D eigenvalue weighted by Gasteiger charge is 2.51. The Morgan fingerprint density at radius 1 is 0.962 bits per heavy atom. The highest BCUT2D eigenvalue weighted by molar-refractivity contribution is 5.58. The Morgan fingerprint density at radius 2 is 1.54 bits per heavy atom. The zero-order chi connectivity index (χ0) is 19.5. The highest BCUT2D eigenvalue weighted by Crippen LogP contribution is 2.46. The molecule has 0 aliphatic carbocycles. The van der Waals surface area contributed by atoms with Crippen LogP contribution in [0.2, 0.25) is 0 Å². The summed E-state index contributed by atoms with van der Waals surface area (Å²) >= 11 is 0. The van der Waals surface area contributed by atoms with Crippen LogP contribution < -0.4 is 10.5 Å². The molecule has 3 N–H and O–H groups in total. The minimum atomic E-state index is -0.567. The summed E-state index contributed by atoms with van der Waals surface area (Å²) in [6, 6.07) is -0.243. The Kier molecular flexibility index (Phi) is 4.57. The summed E-state index contributed by atoms with van der Waals surface area (Å²) < 4.78 is 18.3. The van der Waals surface area contributed by atoms with Gasteiger partial charge in [0.05, 0.1) is 19.3 Å². The summed E-state index contributed by atoms with van der Waals surface area (Å²) in [7, 11) is 0. The van der Waals surface area contributed by atoms with Crippen molar-refractivity contribution in [3.8, 4) is 11.5 Å². The Bertz CT molecular complexity index is 717. The summed E-state index contributed by atoms with van der Waals surface area (Å²) in [5, 5.41) is 10.4. The van der Waals surface area contributed by atoms with Crippen molar-refractivity contribution in [2.75, 3.05) is 13.2 Å². The number of nitrogens with two attached hydrogens (primary N) is 1. The van der Waals surface area contributed by atoms with Crippen LogP contribution in [0.25, 0.3) is 0 Å². The maximum absolute atomic E-state index is 10.4. The molecule has 5 heteroatoms. The number of phenols is 1. The SMILES string of the molecule is Cc1c(C)c2c(c(C)c1O)CCC(C)(C(N)C1(C)COC(C)(C)OC1)O2. The van der Waals surface area contributed by atoms with Crippen LogP contribution in [0.5, 0.6) is 11.5 Å². The van der Waals surface area contributed by atoms with E-state index in [4.69, 9.17) is 19.9 Å². The van der Waals surface area contributed by atoms with Gasteiger partial charge < -0.3 is 25.1 Å². The lowest BCUT2D eigenvalue weighted by molar-refractivity contribution is -0.290. The molecule has 2 unspecified atom stereocenters. The second-order valence-electron chi connectivity index (χ2n) is 9.05. The van der Waals surface area contributed by atoms with Crippen LogP contribution in [0.1, 0.15) is 56.4 Å². The largest absolute Gasteiger partial charge is 0.507 e. The number of benzene rings is 1. The van der Waals surface area contributed by atoms with Crippen LogP contribution in [-0.2, 0) is 15.9 Å². The number of phenolic OH excluding ortho intramolecular Hbond substituents is 1. The standard InChI is InChI=1S/C21H33NO4/c1-12-13(2)17-15(14(3)16(12)23)8-9-21(7,26-17)18(22)20(6)10-24-19(4,5)25-11-20/h18,23H,8-11,22H2,1-7H3. The second-order valence-corrected chi connectivity index (χ2v) is 9.05. The van der Waals surface area contributed by atoms with Crippen LogP contribution in [-0.4, -0.2) is 35.8 Å². The third kappa shape index (κ3) is 3.00. The Hall–Kier alpha value is -1.30. The van der Waals surface area contributed by atoms with Gasteiger partial charge in [-0.2, -0.15) is 0 Å². The van der Waals surface area contributed by atoms with E-state index in [1.54, 1.807) is 0 Å². The molecule has 0 spiro atoms. The fourth-order valence-corrected chi connectivity index (χ4v) is 4.16. The van der Waals surface area contributed by atoms with Crippen LogP contribution in [0, 0.1) is 26.2 Å². The van der Waals surface area contributed by atoms with Gasteiger partial charge in [0.15, 0.2) is 5.79 Å². The van der Waals surface area contributed by atoms with Gasteiger partial charge in [0.1, 0.15) is 17.1 Å². The second kappa shape index (κ2) is 6.11. The van der Waals surface area contributed by atoms with E-state index in [2.05, 4.69) is 13.8 Å². The number of ether oxygens (including phenoxy) is 3. The first-order chi connectivity index (χ1) is 11.9. The van der Waals surface area contributed by atoms with Crippen molar-refractivity contribution in [1.29, 1.82) is 0 Å². The van der Waals surface area contributed by atoms with Crippen molar-refractivity contribution in [3.05, 3.63) is 22.3 Å². The molecule has 5 nitrogen and oxygen atoms in total. The first kappa shape index (κ1) is 19.5. The predicted molar refractivity (Wildman–Crippen MR) is 102 cm³/mol. The van der Waals surface area contributed by atoms with Crippen LogP contribution in [0.3, 0.4) is 0 Å². The number of fused-ring (bicyclic) bond motifs is 1. The van der Waals surface area contributed by atoms with Crippen molar-refractivity contribution in [1.82, 2.24) is 0 Å². The van der Waals surface area contributed by atoms with Gasteiger partial charge in [-0.25, -0.2) is 0 Å². The van der Waals surface area contributed by atoms with E-state index >= 15 is 0 Å². The van der Waals surface area contributed by atoms with Gasteiger partial charge >= 0.3 is 0 Å². The highest BCUT2D eigenvalue weighted by atomic mass is 16.7. The van der Waals surface area contributed by atoms with E-state index in [-0.39, 0.29) is 11.5 Å². The first-order valence-electron chi connectivity index (χ1n) is 9.44. The van der Waals surface area contributed by atoms with Gasteiger partial charge in [0, 0.05) is 11.0 Å². The maximum atomic E-state index is 10.4. The predicted octanol–water partition coefficient (Wildman–Crippen LogP) is 3.52. The third-order valence-electron chi connectivity index (χ3n) is 6.45. The van der Waals surface area contributed by atoms with Gasteiger partial charge in [-0.1, -0.05) is 6.92 Å². The van der Waals surface area contributed by atoms with Gasteiger partial charge in [0.2, 0.25) is 0 Å². The third-order valence-corrected chi connectivity index (χ3v) is 6.45. The number of aromatic hydroxyl groups is 1. The van der Waals surface area contributed by atoms with E-state index in [0.717, 1.165) is 40.8 Å². The van der Waals surface area contributed by atoms with E-state index in [0.29, 0.717) is 19.0 Å². The van der Waals surface area contributed by atoms with E-state index in [1.807, 2.05) is 34.6 Å². The summed E-state index contributed by atoms with van der Waals surface area (Å²) in [6.45, 7) is 15.0.